The maximum atomic E-state index is 13.1. The summed E-state index contributed by atoms with van der Waals surface area (Å²) in [5, 5.41) is 0.149. The number of nitrogens with zero attached hydrogens (tertiary/aromatic N) is 2. The summed E-state index contributed by atoms with van der Waals surface area (Å²) in [6, 6.07) is 8.71. The van der Waals surface area contributed by atoms with Gasteiger partial charge in [0.25, 0.3) is 0 Å². The molecule has 1 amide bonds. The van der Waals surface area contributed by atoms with Gasteiger partial charge >= 0.3 is 0 Å². The third kappa shape index (κ3) is 4.61. The second kappa shape index (κ2) is 9.32. The maximum Gasteiger partial charge on any atom is 0.243 e. The van der Waals surface area contributed by atoms with Gasteiger partial charge < -0.3 is 9.64 Å². The van der Waals surface area contributed by atoms with Crippen LogP contribution in [0.2, 0.25) is 5.02 Å². The Bertz CT molecular complexity index is 1040. The van der Waals surface area contributed by atoms with Gasteiger partial charge in [-0.2, -0.15) is 4.31 Å². The Labute approximate surface area is 181 Å². The Balaban J connectivity index is 1.67. The van der Waals surface area contributed by atoms with Gasteiger partial charge in [-0.05, 0) is 48.4 Å². The molecule has 0 unspecified atom stereocenters. The van der Waals surface area contributed by atoms with Crippen LogP contribution in [-0.2, 0) is 21.2 Å². The molecule has 0 spiro atoms. The van der Waals surface area contributed by atoms with Crippen LogP contribution in [0.4, 0.5) is 10.1 Å². The van der Waals surface area contributed by atoms with Gasteiger partial charge in [0, 0.05) is 25.3 Å². The smallest absolute Gasteiger partial charge is 0.243 e. The van der Waals surface area contributed by atoms with Crippen LogP contribution >= 0.6 is 11.6 Å². The molecule has 1 aliphatic heterocycles. The predicted octanol–water partition coefficient (Wildman–Crippen LogP) is 3.87. The number of rotatable bonds is 8. The van der Waals surface area contributed by atoms with Gasteiger partial charge in [-0.25, -0.2) is 12.8 Å². The van der Waals surface area contributed by atoms with Crippen molar-refractivity contribution in [1.82, 2.24) is 4.31 Å². The highest BCUT2D eigenvalue weighted by Crippen LogP contribution is 2.32. The molecule has 30 heavy (non-hydrogen) atoms. The molecule has 0 aromatic heterocycles. The standard InChI is InChI=1S/C21H24ClFN2O4S/c1-3-24(4-2)30(27,28)17-6-7-19-15(13-17)9-11-25(19)21(26)10-12-29-20-8-5-16(23)14-18(20)22/h5-8,13-14H,3-4,9-12H2,1-2H3. The fourth-order valence-corrected chi connectivity index (χ4v) is 5.22. The largest absolute Gasteiger partial charge is 0.491 e. The Morgan fingerprint density at radius 1 is 1.20 bits per heavy atom. The van der Waals surface area contributed by atoms with E-state index in [0.717, 1.165) is 17.3 Å². The van der Waals surface area contributed by atoms with E-state index in [9.17, 15) is 17.6 Å². The number of fused-ring (bicyclic) bond motifs is 1. The van der Waals surface area contributed by atoms with E-state index in [1.807, 2.05) is 0 Å². The fraction of sp³-hybridized carbons (Fsp3) is 0.381. The summed E-state index contributed by atoms with van der Waals surface area (Å²) in [6.07, 6.45) is 0.708. The summed E-state index contributed by atoms with van der Waals surface area (Å²) in [6.45, 7) is 4.99. The molecule has 9 heteroatoms. The average Bonchev–Trinajstić information content (AvgIpc) is 3.13. The van der Waals surface area contributed by atoms with Crippen LogP contribution in [0.5, 0.6) is 5.75 Å². The lowest BCUT2D eigenvalue weighted by Gasteiger charge is -2.20. The van der Waals surface area contributed by atoms with Crippen LogP contribution in [0.1, 0.15) is 25.8 Å². The quantitative estimate of drug-likeness (QED) is 0.607. The predicted molar refractivity (Wildman–Crippen MR) is 114 cm³/mol. The zero-order valence-electron chi connectivity index (χ0n) is 16.9. The van der Waals surface area contributed by atoms with E-state index in [-0.39, 0.29) is 28.9 Å². The van der Waals surface area contributed by atoms with Gasteiger partial charge in [-0.1, -0.05) is 25.4 Å². The number of benzene rings is 2. The zero-order chi connectivity index (χ0) is 21.9. The first-order valence-corrected chi connectivity index (χ1v) is 11.6. The monoisotopic (exact) mass is 454 g/mol. The number of amides is 1. The van der Waals surface area contributed by atoms with Crippen LogP contribution < -0.4 is 9.64 Å². The summed E-state index contributed by atoms with van der Waals surface area (Å²) in [7, 11) is -3.54. The molecule has 6 nitrogen and oxygen atoms in total. The molecule has 162 valence electrons. The highest BCUT2D eigenvalue weighted by molar-refractivity contribution is 7.89. The number of ether oxygens (including phenoxy) is 1. The van der Waals surface area contributed by atoms with Gasteiger partial charge in [0.1, 0.15) is 11.6 Å². The van der Waals surface area contributed by atoms with Crippen molar-refractivity contribution in [2.45, 2.75) is 31.6 Å². The second-order valence-corrected chi connectivity index (χ2v) is 9.19. The van der Waals surface area contributed by atoms with Crippen molar-refractivity contribution in [3.05, 3.63) is 52.8 Å². The van der Waals surface area contributed by atoms with Crippen LogP contribution in [-0.4, -0.2) is 44.9 Å². The van der Waals surface area contributed by atoms with Crippen LogP contribution in [0.15, 0.2) is 41.3 Å². The maximum absolute atomic E-state index is 13.1. The minimum Gasteiger partial charge on any atom is -0.491 e. The van der Waals surface area contributed by atoms with Crippen molar-refractivity contribution in [1.29, 1.82) is 0 Å². The van der Waals surface area contributed by atoms with Gasteiger partial charge in [0.05, 0.1) is 22.9 Å². The highest BCUT2D eigenvalue weighted by atomic mass is 35.5. The summed E-state index contributed by atoms with van der Waals surface area (Å²) < 4.78 is 45.4. The van der Waals surface area contributed by atoms with Gasteiger partial charge in [0.15, 0.2) is 0 Å². The number of carbonyl (C=O) groups excluding carboxylic acids is 1. The molecule has 3 rings (SSSR count). The number of halogens is 2. The van der Waals surface area contributed by atoms with Crippen molar-refractivity contribution >= 4 is 33.2 Å². The van der Waals surface area contributed by atoms with Crippen molar-refractivity contribution in [2.75, 3.05) is 31.1 Å². The first-order chi connectivity index (χ1) is 14.3. The van der Waals surface area contributed by atoms with E-state index in [1.54, 1.807) is 36.9 Å². The molecule has 0 fully saturated rings. The van der Waals surface area contributed by atoms with E-state index in [0.29, 0.717) is 31.8 Å². The normalized spacial score (nSPS) is 13.6. The molecule has 0 saturated carbocycles. The van der Waals surface area contributed by atoms with Crippen molar-refractivity contribution < 1.29 is 22.3 Å². The highest BCUT2D eigenvalue weighted by Gasteiger charge is 2.28. The van der Waals surface area contributed by atoms with Gasteiger partial charge in [0.2, 0.25) is 15.9 Å². The fourth-order valence-electron chi connectivity index (χ4n) is 3.49. The summed E-state index contributed by atoms with van der Waals surface area (Å²) >= 11 is 5.92. The van der Waals surface area contributed by atoms with E-state index in [1.165, 1.54) is 16.4 Å². The number of hydrogen-bond donors (Lipinski definition) is 0. The van der Waals surface area contributed by atoms with Gasteiger partial charge in [-0.15, -0.1) is 0 Å². The first kappa shape index (κ1) is 22.5. The molecule has 1 heterocycles. The molecule has 0 aliphatic carbocycles. The van der Waals surface area contributed by atoms with Crippen molar-refractivity contribution in [3.63, 3.8) is 0 Å². The van der Waals surface area contributed by atoms with Gasteiger partial charge in [-0.3, -0.25) is 4.79 Å². The van der Waals surface area contributed by atoms with Crippen LogP contribution in [0, 0.1) is 5.82 Å². The molecule has 0 saturated heterocycles. The average molecular weight is 455 g/mol. The van der Waals surface area contributed by atoms with Crippen LogP contribution in [0.25, 0.3) is 0 Å². The van der Waals surface area contributed by atoms with E-state index < -0.39 is 15.8 Å². The van der Waals surface area contributed by atoms with Crippen molar-refractivity contribution in [2.24, 2.45) is 0 Å². The Morgan fingerprint density at radius 2 is 1.93 bits per heavy atom. The lowest BCUT2D eigenvalue weighted by molar-refractivity contribution is -0.119. The molecule has 2 aromatic carbocycles. The minimum atomic E-state index is -3.54. The SMILES string of the molecule is CCN(CC)S(=O)(=O)c1ccc2c(c1)CCN2C(=O)CCOc1ccc(F)cc1Cl. The third-order valence-electron chi connectivity index (χ3n) is 5.06. The lowest BCUT2D eigenvalue weighted by atomic mass is 10.2. The zero-order valence-corrected chi connectivity index (χ0v) is 18.5. The van der Waals surface area contributed by atoms with E-state index >= 15 is 0 Å². The van der Waals surface area contributed by atoms with Crippen molar-refractivity contribution in [3.8, 4) is 5.75 Å². The number of anilines is 1. The molecule has 0 bridgehead atoms. The first-order valence-electron chi connectivity index (χ1n) is 9.79. The molecular weight excluding hydrogens is 431 g/mol. The molecule has 0 atom stereocenters. The number of carbonyl (C=O) groups is 1. The minimum absolute atomic E-state index is 0.102. The Hall–Kier alpha value is -2.16. The summed E-state index contributed by atoms with van der Waals surface area (Å²) in [4.78, 5) is 14.5. The summed E-state index contributed by atoms with van der Waals surface area (Å²) in [5.41, 5.74) is 1.55. The van der Waals surface area contributed by atoms with E-state index in [2.05, 4.69) is 0 Å². The topological polar surface area (TPSA) is 66.9 Å². The third-order valence-corrected chi connectivity index (χ3v) is 7.40. The second-order valence-electron chi connectivity index (χ2n) is 6.85. The Morgan fingerprint density at radius 3 is 2.60 bits per heavy atom. The summed E-state index contributed by atoms with van der Waals surface area (Å²) in [5.74, 6) is -0.273. The lowest BCUT2D eigenvalue weighted by Crippen LogP contribution is -2.31. The number of hydrogen-bond acceptors (Lipinski definition) is 4. The van der Waals surface area contributed by atoms with E-state index in [4.69, 9.17) is 16.3 Å². The van der Waals surface area contributed by atoms with Crippen LogP contribution in [0.3, 0.4) is 0 Å². The Kier molecular flexibility index (Phi) is 7.00. The molecule has 0 N–H and O–H groups in total. The number of sulfonamides is 1. The molecule has 2 aromatic rings. The molecule has 1 aliphatic rings. The molecular formula is C21H24ClFN2O4S. The molecule has 0 radical (unpaired) electrons.